The predicted octanol–water partition coefficient (Wildman–Crippen LogP) is 1.84. The van der Waals surface area contributed by atoms with Crippen LogP contribution in [0.25, 0.3) is 0 Å². The Bertz CT molecular complexity index is 491. The topological polar surface area (TPSA) is 64.8 Å². The highest BCUT2D eigenvalue weighted by atomic mass is 32.1. The van der Waals surface area contributed by atoms with Crippen molar-refractivity contribution < 1.29 is 14.3 Å². The maximum atomic E-state index is 12.5. The van der Waals surface area contributed by atoms with Gasteiger partial charge in [-0.25, -0.2) is 0 Å². The van der Waals surface area contributed by atoms with Crippen LogP contribution in [-0.2, 0) is 0 Å². The van der Waals surface area contributed by atoms with Gasteiger partial charge in [-0.1, -0.05) is 12.2 Å². The Balaban J connectivity index is 3.00. The molecule has 0 aliphatic heterocycles. The van der Waals surface area contributed by atoms with E-state index in [9.17, 15) is 4.79 Å². The predicted molar refractivity (Wildman–Crippen MR) is 82.5 cm³/mol. The summed E-state index contributed by atoms with van der Waals surface area (Å²) in [6, 6.07) is 5.14. The van der Waals surface area contributed by atoms with Gasteiger partial charge in [0.15, 0.2) is 0 Å². The number of ether oxygens (including phenoxy) is 2. The molecule has 0 radical (unpaired) electrons. The summed E-state index contributed by atoms with van der Waals surface area (Å²) in [5.41, 5.74) is 5.95. The number of hydrogen-bond acceptors (Lipinski definition) is 4. The summed E-state index contributed by atoms with van der Waals surface area (Å²) >= 11 is 4.85. The van der Waals surface area contributed by atoms with Crippen LogP contribution in [0.2, 0.25) is 0 Å². The summed E-state index contributed by atoms with van der Waals surface area (Å²) < 4.78 is 10.4. The molecule has 20 heavy (non-hydrogen) atoms. The molecule has 0 fully saturated rings. The molecule has 1 aromatic carbocycles. The molecule has 0 unspecified atom stereocenters. The van der Waals surface area contributed by atoms with Gasteiger partial charge in [-0.3, -0.25) is 4.79 Å². The maximum Gasteiger partial charge on any atom is 0.257 e. The summed E-state index contributed by atoms with van der Waals surface area (Å²) in [5, 5.41) is 0. The van der Waals surface area contributed by atoms with E-state index < -0.39 is 0 Å². The van der Waals surface area contributed by atoms with Crippen molar-refractivity contribution in [1.82, 2.24) is 4.90 Å². The highest BCUT2D eigenvalue weighted by Gasteiger charge is 2.19. The first kappa shape index (κ1) is 16.2. The van der Waals surface area contributed by atoms with Crippen LogP contribution >= 0.6 is 12.2 Å². The highest BCUT2D eigenvalue weighted by Crippen LogP contribution is 2.25. The van der Waals surface area contributed by atoms with Crippen molar-refractivity contribution in [3.05, 3.63) is 23.8 Å². The molecular formula is C14H20N2O3S. The van der Waals surface area contributed by atoms with E-state index >= 15 is 0 Å². The molecule has 0 aliphatic rings. The highest BCUT2D eigenvalue weighted by molar-refractivity contribution is 7.80. The van der Waals surface area contributed by atoms with Gasteiger partial charge in [0.2, 0.25) is 0 Å². The molecule has 0 aliphatic carbocycles. The summed E-state index contributed by atoms with van der Waals surface area (Å²) in [6.45, 7) is 2.97. The quantitative estimate of drug-likeness (QED) is 0.778. The van der Waals surface area contributed by atoms with E-state index in [4.69, 9.17) is 27.4 Å². The Hall–Kier alpha value is -1.82. The molecule has 0 saturated heterocycles. The van der Waals surface area contributed by atoms with Crippen molar-refractivity contribution in [1.29, 1.82) is 0 Å². The Kier molecular flexibility index (Phi) is 6.24. The number of hydrogen-bond donors (Lipinski definition) is 1. The van der Waals surface area contributed by atoms with Gasteiger partial charge in [0.1, 0.15) is 11.5 Å². The minimum Gasteiger partial charge on any atom is -0.497 e. The van der Waals surface area contributed by atoms with Gasteiger partial charge in [0.05, 0.1) is 24.8 Å². The van der Waals surface area contributed by atoms with E-state index in [1.807, 2.05) is 6.92 Å². The van der Waals surface area contributed by atoms with E-state index in [0.717, 1.165) is 0 Å². The van der Waals surface area contributed by atoms with E-state index in [0.29, 0.717) is 41.6 Å². The normalized spacial score (nSPS) is 9.95. The third-order valence-electron chi connectivity index (χ3n) is 2.93. The Morgan fingerprint density at radius 2 is 2.05 bits per heavy atom. The number of amides is 1. The smallest absolute Gasteiger partial charge is 0.257 e. The zero-order valence-electron chi connectivity index (χ0n) is 12.0. The summed E-state index contributed by atoms with van der Waals surface area (Å²) in [6.07, 6.45) is 0.501. The third-order valence-corrected chi connectivity index (χ3v) is 3.14. The minimum atomic E-state index is -0.125. The number of carbonyl (C=O) groups is 1. The number of nitrogens with two attached hydrogens (primary N) is 1. The lowest BCUT2D eigenvalue weighted by Crippen LogP contribution is -2.33. The molecule has 0 heterocycles. The second-order valence-corrected chi connectivity index (χ2v) is 4.69. The van der Waals surface area contributed by atoms with Crippen molar-refractivity contribution in [2.24, 2.45) is 5.73 Å². The van der Waals surface area contributed by atoms with Crippen molar-refractivity contribution in [2.45, 2.75) is 13.3 Å². The Morgan fingerprint density at radius 3 is 2.55 bits per heavy atom. The molecule has 0 aromatic heterocycles. The zero-order chi connectivity index (χ0) is 15.1. The SMILES string of the molecule is CCN(CCC(N)=S)C(=O)c1cc(OC)ccc1OC. The third kappa shape index (κ3) is 4.09. The number of benzene rings is 1. The van der Waals surface area contributed by atoms with Crippen molar-refractivity contribution in [3.63, 3.8) is 0 Å². The second-order valence-electron chi connectivity index (χ2n) is 4.17. The average Bonchev–Trinajstić information content (AvgIpc) is 2.46. The average molecular weight is 296 g/mol. The summed E-state index contributed by atoms with van der Waals surface area (Å²) in [7, 11) is 3.09. The van der Waals surface area contributed by atoms with Gasteiger partial charge in [-0.2, -0.15) is 0 Å². The molecule has 2 N–H and O–H groups in total. The fourth-order valence-corrected chi connectivity index (χ4v) is 1.89. The van der Waals surface area contributed by atoms with Gasteiger partial charge in [0.25, 0.3) is 5.91 Å². The minimum absolute atomic E-state index is 0.125. The van der Waals surface area contributed by atoms with Gasteiger partial charge in [-0.15, -0.1) is 0 Å². The maximum absolute atomic E-state index is 12.5. The number of nitrogens with zero attached hydrogens (tertiary/aromatic N) is 1. The molecule has 1 aromatic rings. The van der Waals surface area contributed by atoms with E-state index in [2.05, 4.69) is 0 Å². The van der Waals surface area contributed by atoms with Gasteiger partial charge < -0.3 is 20.1 Å². The molecule has 1 rings (SSSR count). The van der Waals surface area contributed by atoms with Crippen LogP contribution in [0.1, 0.15) is 23.7 Å². The fraction of sp³-hybridized carbons (Fsp3) is 0.429. The molecule has 110 valence electrons. The van der Waals surface area contributed by atoms with Crippen LogP contribution in [0.5, 0.6) is 11.5 Å². The van der Waals surface area contributed by atoms with Crippen LogP contribution < -0.4 is 15.2 Å². The van der Waals surface area contributed by atoms with E-state index in [1.54, 1.807) is 30.2 Å². The van der Waals surface area contributed by atoms with Gasteiger partial charge >= 0.3 is 0 Å². The first-order valence-electron chi connectivity index (χ1n) is 6.33. The Morgan fingerprint density at radius 1 is 1.35 bits per heavy atom. The first-order valence-corrected chi connectivity index (χ1v) is 6.73. The van der Waals surface area contributed by atoms with E-state index in [-0.39, 0.29) is 5.91 Å². The number of methoxy groups -OCH3 is 2. The molecule has 0 spiro atoms. The Labute approximate surface area is 124 Å². The second kappa shape index (κ2) is 7.69. The zero-order valence-corrected chi connectivity index (χ0v) is 12.8. The first-order chi connectivity index (χ1) is 9.53. The van der Waals surface area contributed by atoms with Gasteiger partial charge in [0, 0.05) is 19.5 Å². The molecule has 1 amide bonds. The lowest BCUT2D eigenvalue weighted by molar-refractivity contribution is 0.0765. The molecular weight excluding hydrogens is 276 g/mol. The van der Waals surface area contributed by atoms with Crippen molar-refractivity contribution in [3.8, 4) is 11.5 Å². The van der Waals surface area contributed by atoms with Crippen LogP contribution in [0, 0.1) is 0 Å². The lowest BCUT2D eigenvalue weighted by Gasteiger charge is -2.22. The van der Waals surface area contributed by atoms with Crippen molar-refractivity contribution in [2.75, 3.05) is 27.3 Å². The van der Waals surface area contributed by atoms with Crippen molar-refractivity contribution >= 4 is 23.1 Å². The molecule has 0 atom stereocenters. The number of thiocarbonyl (C=S) groups is 1. The largest absolute Gasteiger partial charge is 0.497 e. The van der Waals surface area contributed by atoms with E-state index in [1.165, 1.54) is 7.11 Å². The molecule has 5 nitrogen and oxygen atoms in total. The van der Waals surface area contributed by atoms with Crippen LogP contribution in [0.15, 0.2) is 18.2 Å². The standard InChI is InChI=1S/C14H20N2O3S/c1-4-16(8-7-13(15)20)14(17)11-9-10(18-2)5-6-12(11)19-3/h5-6,9H,4,7-8H2,1-3H3,(H2,15,20). The van der Waals surface area contributed by atoms with Crippen LogP contribution in [-0.4, -0.2) is 43.1 Å². The fourth-order valence-electron chi connectivity index (χ4n) is 1.80. The number of rotatable bonds is 7. The van der Waals surface area contributed by atoms with Crippen LogP contribution in [0.3, 0.4) is 0 Å². The molecule has 0 saturated carbocycles. The molecule has 6 heteroatoms. The lowest BCUT2D eigenvalue weighted by atomic mass is 10.1. The summed E-state index contributed by atoms with van der Waals surface area (Å²) in [4.78, 5) is 14.6. The molecule has 0 bridgehead atoms. The number of carbonyl (C=O) groups excluding carboxylic acids is 1. The monoisotopic (exact) mass is 296 g/mol. The van der Waals surface area contributed by atoms with Crippen LogP contribution in [0.4, 0.5) is 0 Å². The summed E-state index contributed by atoms with van der Waals surface area (Å²) in [5.74, 6) is 1.00. The van der Waals surface area contributed by atoms with Gasteiger partial charge in [-0.05, 0) is 25.1 Å².